The molecule has 0 aliphatic heterocycles. The Hall–Kier alpha value is -1.55. The molecule has 0 aliphatic rings. The van der Waals surface area contributed by atoms with Crippen LogP contribution in [0.5, 0.6) is 5.75 Å². The molecule has 0 spiro atoms. The van der Waals surface area contributed by atoms with Gasteiger partial charge in [-0.25, -0.2) is 0 Å². The number of carbonyl (C=O) groups is 1. The molecule has 130 valence electrons. The third-order valence-electron chi connectivity index (χ3n) is 3.66. The Labute approximate surface area is 140 Å². The summed E-state index contributed by atoms with van der Waals surface area (Å²) in [4.78, 5) is 11.8. The maximum atomic E-state index is 11.8. The number of esters is 1. The molecule has 4 nitrogen and oxygen atoms in total. The Kier molecular flexibility index (Phi) is 7.56. The van der Waals surface area contributed by atoms with Gasteiger partial charge < -0.3 is 14.2 Å². The van der Waals surface area contributed by atoms with Crippen LogP contribution in [0.1, 0.15) is 50.8 Å². The first-order chi connectivity index (χ1) is 10.8. The molecule has 0 aromatic heterocycles. The van der Waals surface area contributed by atoms with E-state index in [0.29, 0.717) is 32.7 Å². The van der Waals surface area contributed by atoms with Crippen LogP contribution in [0, 0.1) is 6.92 Å². The molecular weight excluding hydrogens is 292 g/mol. The maximum Gasteiger partial charge on any atom is 0.306 e. The SMILES string of the molecule is CCOCCOC(=O)CCc1cc(C)c(OC)c(C(C)(C)C)c1. The highest BCUT2D eigenvalue weighted by Crippen LogP contribution is 2.35. The Bertz CT molecular complexity index is 515. The maximum absolute atomic E-state index is 11.8. The van der Waals surface area contributed by atoms with Crippen molar-refractivity contribution in [3.05, 3.63) is 28.8 Å². The van der Waals surface area contributed by atoms with Crippen molar-refractivity contribution >= 4 is 5.97 Å². The number of hydrogen-bond acceptors (Lipinski definition) is 4. The van der Waals surface area contributed by atoms with Gasteiger partial charge in [-0.1, -0.05) is 32.9 Å². The van der Waals surface area contributed by atoms with E-state index in [2.05, 4.69) is 32.9 Å². The van der Waals surface area contributed by atoms with Gasteiger partial charge in [0.15, 0.2) is 0 Å². The second-order valence-corrected chi connectivity index (χ2v) is 6.66. The van der Waals surface area contributed by atoms with Crippen molar-refractivity contribution in [1.82, 2.24) is 0 Å². The number of hydrogen-bond donors (Lipinski definition) is 0. The summed E-state index contributed by atoms with van der Waals surface area (Å²) in [6.07, 6.45) is 1.04. The van der Waals surface area contributed by atoms with Gasteiger partial charge in [-0.3, -0.25) is 4.79 Å². The monoisotopic (exact) mass is 322 g/mol. The van der Waals surface area contributed by atoms with E-state index in [-0.39, 0.29) is 11.4 Å². The first kappa shape index (κ1) is 19.5. The van der Waals surface area contributed by atoms with E-state index >= 15 is 0 Å². The van der Waals surface area contributed by atoms with E-state index in [1.54, 1.807) is 7.11 Å². The van der Waals surface area contributed by atoms with Gasteiger partial charge in [0, 0.05) is 18.6 Å². The van der Waals surface area contributed by atoms with Crippen molar-refractivity contribution in [2.45, 2.75) is 52.9 Å². The summed E-state index contributed by atoms with van der Waals surface area (Å²) in [6.45, 7) is 11.9. The summed E-state index contributed by atoms with van der Waals surface area (Å²) < 4.78 is 15.9. The second kappa shape index (κ2) is 8.92. The fraction of sp³-hybridized carbons (Fsp3) is 0.632. The minimum atomic E-state index is -0.185. The number of aryl methyl sites for hydroxylation is 2. The Morgan fingerprint density at radius 2 is 1.87 bits per heavy atom. The molecule has 0 radical (unpaired) electrons. The average Bonchev–Trinajstić information content (AvgIpc) is 2.48. The Morgan fingerprint density at radius 1 is 1.17 bits per heavy atom. The van der Waals surface area contributed by atoms with Gasteiger partial charge in [0.2, 0.25) is 0 Å². The molecule has 1 rings (SSSR count). The van der Waals surface area contributed by atoms with Crippen molar-refractivity contribution in [2.24, 2.45) is 0 Å². The van der Waals surface area contributed by atoms with Crippen LogP contribution in [0.2, 0.25) is 0 Å². The molecule has 0 heterocycles. The molecular formula is C19H30O4. The highest BCUT2D eigenvalue weighted by Gasteiger charge is 2.21. The standard InChI is InChI=1S/C19H30O4/c1-7-22-10-11-23-17(20)9-8-15-12-14(2)18(21-6)16(13-15)19(3,4)5/h12-13H,7-11H2,1-6H3. The number of rotatable bonds is 8. The van der Waals surface area contributed by atoms with Crippen LogP contribution in [0.25, 0.3) is 0 Å². The zero-order valence-electron chi connectivity index (χ0n) is 15.3. The van der Waals surface area contributed by atoms with E-state index in [9.17, 15) is 4.79 Å². The molecule has 0 bridgehead atoms. The summed E-state index contributed by atoms with van der Waals surface area (Å²) in [5.41, 5.74) is 3.39. The summed E-state index contributed by atoms with van der Waals surface area (Å²) in [7, 11) is 1.70. The van der Waals surface area contributed by atoms with Crippen LogP contribution in [0.4, 0.5) is 0 Å². The lowest BCUT2D eigenvalue weighted by Gasteiger charge is -2.24. The van der Waals surface area contributed by atoms with Crippen molar-refractivity contribution in [1.29, 1.82) is 0 Å². The zero-order valence-corrected chi connectivity index (χ0v) is 15.3. The van der Waals surface area contributed by atoms with Gasteiger partial charge in [-0.05, 0) is 36.8 Å². The normalized spacial score (nSPS) is 11.4. The van der Waals surface area contributed by atoms with Gasteiger partial charge in [-0.15, -0.1) is 0 Å². The van der Waals surface area contributed by atoms with Crippen LogP contribution >= 0.6 is 0 Å². The van der Waals surface area contributed by atoms with Crippen molar-refractivity contribution < 1.29 is 19.0 Å². The van der Waals surface area contributed by atoms with Gasteiger partial charge in [0.1, 0.15) is 12.4 Å². The summed E-state index contributed by atoms with van der Waals surface area (Å²) in [5.74, 6) is 0.746. The van der Waals surface area contributed by atoms with Gasteiger partial charge >= 0.3 is 5.97 Å². The fourth-order valence-corrected chi connectivity index (χ4v) is 2.50. The predicted octanol–water partition coefficient (Wildman–Crippen LogP) is 3.81. The summed E-state index contributed by atoms with van der Waals surface area (Å²) in [5, 5.41) is 0. The van der Waals surface area contributed by atoms with Gasteiger partial charge in [-0.2, -0.15) is 0 Å². The van der Waals surface area contributed by atoms with Gasteiger partial charge in [0.05, 0.1) is 13.7 Å². The third-order valence-corrected chi connectivity index (χ3v) is 3.66. The molecule has 0 fully saturated rings. The first-order valence-corrected chi connectivity index (χ1v) is 8.21. The molecule has 0 atom stereocenters. The predicted molar refractivity (Wildman–Crippen MR) is 92.2 cm³/mol. The highest BCUT2D eigenvalue weighted by atomic mass is 16.6. The fourth-order valence-electron chi connectivity index (χ4n) is 2.50. The average molecular weight is 322 g/mol. The van der Waals surface area contributed by atoms with Crippen LogP contribution in [-0.4, -0.2) is 32.9 Å². The van der Waals surface area contributed by atoms with E-state index in [1.807, 2.05) is 13.8 Å². The molecule has 1 aromatic carbocycles. The number of ether oxygens (including phenoxy) is 3. The molecule has 0 amide bonds. The number of benzene rings is 1. The van der Waals surface area contributed by atoms with Crippen molar-refractivity contribution in [3.8, 4) is 5.75 Å². The quantitative estimate of drug-likeness (QED) is 0.539. The van der Waals surface area contributed by atoms with Crippen molar-refractivity contribution in [2.75, 3.05) is 26.9 Å². The van der Waals surface area contributed by atoms with E-state index in [0.717, 1.165) is 16.9 Å². The Morgan fingerprint density at radius 3 is 2.43 bits per heavy atom. The third kappa shape index (κ3) is 6.22. The molecule has 0 unspecified atom stereocenters. The summed E-state index contributed by atoms with van der Waals surface area (Å²) in [6, 6.07) is 4.22. The van der Waals surface area contributed by atoms with E-state index < -0.39 is 0 Å². The van der Waals surface area contributed by atoms with E-state index in [4.69, 9.17) is 14.2 Å². The van der Waals surface area contributed by atoms with Gasteiger partial charge in [0.25, 0.3) is 0 Å². The lowest BCUT2D eigenvalue weighted by molar-refractivity contribution is -0.145. The molecule has 0 saturated heterocycles. The summed E-state index contributed by atoms with van der Waals surface area (Å²) >= 11 is 0. The Balaban J connectivity index is 2.71. The van der Waals surface area contributed by atoms with Crippen LogP contribution < -0.4 is 4.74 Å². The van der Waals surface area contributed by atoms with E-state index in [1.165, 1.54) is 5.56 Å². The molecule has 0 aliphatic carbocycles. The molecule has 0 N–H and O–H groups in total. The molecule has 4 heteroatoms. The molecule has 0 saturated carbocycles. The smallest absolute Gasteiger partial charge is 0.306 e. The highest BCUT2D eigenvalue weighted by molar-refractivity contribution is 5.69. The first-order valence-electron chi connectivity index (χ1n) is 8.21. The largest absolute Gasteiger partial charge is 0.496 e. The molecule has 1 aromatic rings. The lowest BCUT2D eigenvalue weighted by Crippen LogP contribution is -2.15. The number of methoxy groups -OCH3 is 1. The van der Waals surface area contributed by atoms with Crippen LogP contribution in [-0.2, 0) is 26.1 Å². The second-order valence-electron chi connectivity index (χ2n) is 6.66. The number of carbonyl (C=O) groups excluding carboxylic acids is 1. The minimum absolute atomic E-state index is 0.00981. The van der Waals surface area contributed by atoms with Crippen molar-refractivity contribution in [3.63, 3.8) is 0 Å². The lowest BCUT2D eigenvalue weighted by atomic mass is 9.83. The van der Waals surface area contributed by atoms with Crippen LogP contribution in [0.15, 0.2) is 12.1 Å². The van der Waals surface area contributed by atoms with Crippen LogP contribution in [0.3, 0.4) is 0 Å². The molecule has 23 heavy (non-hydrogen) atoms. The minimum Gasteiger partial charge on any atom is -0.496 e. The topological polar surface area (TPSA) is 44.8 Å². The zero-order chi connectivity index (χ0) is 17.5.